The first-order valence-corrected chi connectivity index (χ1v) is 6.90. The van der Waals surface area contributed by atoms with Crippen molar-refractivity contribution >= 4 is 17.9 Å². The van der Waals surface area contributed by atoms with Crippen molar-refractivity contribution in [1.29, 1.82) is 0 Å². The normalized spacial score (nSPS) is 21.5. The summed E-state index contributed by atoms with van der Waals surface area (Å²) in [5.74, 6) is 1.07. The molecule has 0 radical (unpaired) electrons. The Morgan fingerprint density at radius 3 is 2.71 bits per heavy atom. The van der Waals surface area contributed by atoms with Crippen molar-refractivity contribution in [3.63, 3.8) is 0 Å². The van der Waals surface area contributed by atoms with Crippen LogP contribution in [0, 0.1) is 0 Å². The smallest absolute Gasteiger partial charge is 0.407 e. The molecule has 1 N–H and O–H groups in total. The van der Waals surface area contributed by atoms with Crippen molar-refractivity contribution in [2.75, 3.05) is 13.1 Å². The minimum atomic E-state index is -0.781. The zero-order valence-corrected chi connectivity index (χ0v) is 10.4. The zero-order valence-electron chi connectivity index (χ0n) is 9.56. The average molecular weight is 249 g/mol. The van der Waals surface area contributed by atoms with Crippen LogP contribution in [0.4, 0.5) is 4.79 Å². The number of carbonyl (C=O) groups is 1. The van der Waals surface area contributed by atoms with Gasteiger partial charge in [-0.05, 0) is 24.0 Å². The molecule has 2 aliphatic heterocycles. The van der Waals surface area contributed by atoms with Crippen molar-refractivity contribution in [2.24, 2.45) is 0 Å². The van der Waals surface area contributed by atoms with Gasteiger partial charge in [0.1, 0.15) is 0 Å². The summed E-state index contributed by atoms with van der Waals surface area (Å²) in [6, 6.07) is 8.59. The van der Waals surface area contributed by atoms with Crippen molar-refractivity contribution in [1.82, 2.24) is 4.90 Å². The Morgan fingerprint density at radius 1 is 1.29 bits per heavy atom. The second-order valence-electron chi connectivity index (χ2n) is 4.71. The van der Waals surface area contributed by atoms with Crippen LogP contribution in [0.25, 0.3) is 0 Å². The molecule has 1 aromatic rings. The minimum Gasteiger partial charge on any atom is -0.465 e. The van der Waals surface area contributed by atoms with Crippen LogP contribution in [0.2, 0.25) is 0 Å². The molecule has 0 atom stereocenters. The van der Waals surface area contributed by atoms with Crippen LogP contribution in [0.1, 0.15) is 24.0 Å². The van der Waals surface area contributed by atoms with E-state index in [-0.39, 0.29) is 4.75 Å². The Balaban J connectivity index is 1.85. The molecule has 2 aliphatic rings. The number of piperidine rings is 1. The largest absolute Gasteiger partial charge is 0.465 e. The van der Waals surface area contributed by atoms with Crippen molar-refractivity contribution < 1.29 is 9.90 Å². The van der Waals surface area contributed by atoms with Gasteiger partial charge in [0.2, 0.25) is 0 Å². The Hall–Kier alpha value is -1.16. The number of carboxylic acid groups (broad SMARTS) is 1. The van der Waals surface area contributed by atoms with E-state index < -0.39 is 6.09 Å². The first-order chi connectivity index (χ1) is 8.21. The van der Waals surface area contributed by atoms with Gasteiger partial charge in [-0.2, -0.15) is 0 Å². The lowest BCUT2D eigenvalue weighted by atomic mass is 9.86. The van der Waals surface area contributed by atoms with Gasteiger partial charge in [0, 0.05) is 23.6 Å². The van der Waals surface area contributed by atoms with Crippen LogP contribution in [0.5, 0.6) is 0 Å². The monoisotopic (exact) mass is 249 g/mol. The molecule has 90 valence electrons. The van der Waals surface area contributed by atoms with Gasteiger partial charge in [0.25, 0.3) is 0 Å². The van der Waals surface area contributed by atoms with Crippen molar-refractivity contribution in [3.05, 3.63) is 35.4 Å². The predicted molar refractivity (Wildman–Crippen MR) is 68.2 cm³/mol. The summed E-state index contributed by atoms with van der Waals surface area (Å²) in [5.41, 5.74) is 2.87. The Labute approximate surface area is 105 Å². The molecule has 1 aromatic carbocycles. The van der Waals surface area contributed by atoms with E-state index in [1.165, 1.54) is 16.0 Å². The third-order valence-electron chi connectivity index (χ3n) is 3.85. The number of likely N-dealkylation sites (tertiary alicyclic amines) is 1. The van der Waals surface area contributed by atoms with E-state index in [4.69, 9.17) is 5.11 Å². The van der Waals surface area contributed by atoms with E-state index in [9.17, 15) is 4.79 Å². The van der Waals surface area contributed by atoms with Gasteiger partial charge in [-0.3, -0.25) is 0 Å². The highest BCUT2D eigenvalue weighted by molar-refractivity contribution is 7.99. The van der Waals surface area contributed by atoms with E-state index in [0.29, 0.717) is 13.1 Å². The van der Waals surface area contributed by atoms with Gasteiger partial charge < -0.3 is 10.0 Å². The van der Waals surface area contributed by atoms with E-state index in [1.54, 1.807) is 0 Å². The summed E-state index contributed by atoms with van der Waals surface area (Å²) < 4.78 is 0.183. The molecular formula is C13H15NO2S. The number of nitrogens with zero attached hydrogens (tertiary/aromatic N) is 1. The molecule has 1 amide bonds. The van der Waals surface area contributed by atoms with Crippen LogP contribution < -0.4 is 0 Å². The van der Waals surface area contributed by atoms with Gasteiger partial charge >= 0.3 is 6.09 Å². The highest BCUT2D eigenvalue weighted by Crippen LogP contribution is 2.53. The maximum atomic E-state index is 10.9. The molecule has 1 fully saturated rings. The van der Waals surface area contributed by atoms with E-state index in [2.05, 4.69) is 24.3 Å². The summed E-state index contributed by atoms with van der Waals surface area (Å²) in [6.07, 6.45) is 1.11. The Kier molecular flexibility index (Phi) is 2.54. The standard InChI is InChI=1S/C13H15NO2S/c15-12(16)14-7-5-13(6-8-14)11-4-2-1-3-10(11)9-17-13/h1-4H,5-9H2,(H,15,16). The topological polar surface area (TPSA) is 40.5 Å². The molecule has 0 aromatic heterocycles. The summed E-state index contributed by atoms with van der Waals surface area (Å²) in [6.45, 7) is 1.33. The fourth-order valence-electron chi connectivity index (χ4n) is 2.86. The molecule has 4 heteroatoms. The molecule has 0 unspecified atom stereocenters. The predicted octanol–water partition coefficient (Wildman–Crippen LogP) is 2.90. The fraction of sp³-hybridized carbons (Fsp3) is 0.462. The summed E-state index contributed by atoms with van der Waals surface area (Å²) >= 11 is 1.99. The third kappa shape index (κ3) is 1.71. The van der Waals surface area contributed by atoms with Crippen LogP contribution in [0.3, 0.4) is 0 Å². The summed E-state index contributed by atoms with van der Waals surface area (Å²) in [7, 11) is 0. The first kappa shape index (κ1) is 11.0. The number of amides is 1. The third-order valence-corrected chi connectivity index (χ3v) is 5.49. The molecular weight excluding hydrogens is 234 g/mol. The summed E-state index contributed by atoms with van der Waals surface area (Å²) in [5, 5.41) is 8.98. The molecule has 3 nitrogen and oxygen atoms in total. The fourth-order valence-corrected chi connectivity index (χ4v) is 4.37. The summed E-state index contributed by atoms with van der Waals surface area (Å²) in [4.78, 5) is 12.5. The van der Waals surface area contributed by atoms with Crippen LogP contribution in [-0.2, 0) is 10.5 Å². The minimum absolute atomic E-state index is 0.183. The average Bonchev–Trinajstić information content (AvgIpc) is 2.70. The lowest BCUT2D eigenvalue weighted by molar-refractivity contribution is 0.129. The first-order valence-electron chi connectivity index (χ1n) is 5.91. The molecule has 2 heterocycles. The van der Waals surface area contributed by atoms with Crippen molar-refractivity contribution in [3.8, 4) is 0 Å². The van der Waals surface area contributed by atoms with Gasteiger partial charge in [-0.25, -0.2) is 4.79 Å². The number of hydrogen-bond acceptors (Lipinski definition) is 2. The molecule has 0 saturated carbocycles. The number of hydrogen-bond donors (Lipinski definition) is 1. The quantitative estimate of drug-likeness (QED) is 0.768. The second-order valence-corrected chi connectivity index (χ2v) is 6.07. The highest BCUT2D eigenvalue weighted by Gasteiger charge is 2.42. The number of thioether (sulfide) groups is 1. The van der Waals surface area contributed by atoms with Crippen LogP contribution in [-0.4, -0.2) is 29.2 Å². The SMILES string of the molecule is O=C(O)N1CCC2(CC1)SCc1ccccc12. The Morgan fingerprint density at radius 2 is 2.00 bits per heavy atom. The number of benzene rings is 1. The van der Waals surface area contributed by atoms with Crippen LogP contribution >= 0.6 is 11.8 Å². The molecule has 17 heavy (non-hydrogen) atoms. The zero-order chi connectivity index (χ0) is 11.9. The van der Waals surface area contributed by atoms with Gasteiger partial charge in [-0.1, -0.05) is 24.3 Å². The van der Waals surface area contributed by atoms with E-state index >= 15 is 0 Å². The number of fused-ring (bicyclic) bond motifs is 2. The highest BCUT2D eigenvalue weighted by atomic mass is 32.2. The molecule has 1 spiro atoms. The molecule has 0 aliphatic carbocycles. The Bertz CT molecular complexity index is 452. The lowest BCUT2D eigenvalue weighted by Crippen LogP contribution is -2.42. The van der Waals surface area contributed by atoms with Gasteiger partial charge in [0.05, 0.1) is 0 Å². The van der Waals surface area contributed by atoms with Crippen molar-refractivity contribution in [2.45, 2.75) is 23.3 Å². The molecule has 0 bridgehead atoms. The lowest BCUT2D eigenvalue weighted by Gasteiger charge is -2.38. The second kappa shape index (κ2) is 3.95. The van der Waals surface area contributed by atoms with Gasteiger partial charge in [-0.15, -0.1) is 11.8 Å². The van der Waals surface area contributed by atoms with Crippen LogP contribution in [0.15, 0.2) is 24.3 Å². The van der Waals surface area contributed by atoms with E-state index in [0.717, 1.165) is 18.6 Å². The van der Waals surface area contributed by atoms with Gasteiger partial charge in [0.15, 0.2) is 0 Å². The molecule has 1 saturated heterocycles. The maximum absolute atomic E-state index is 10.9. The number of rotatable bonds is 0. The van der Waals surface area contributed by atoms with E-state index in [1.807, 2.05) is 11.8 Å². The maximum Gasteiger partial charge on any atom is 0.407 e. The molecule has 3 rings (SSSR count).